The van der Waals surface area contributed by atoms with Gasteiger partial charge in [-0.25, -0.2) is 4.79 Å². The van der Waals surface area contributed by atoms with Gasteiger partial charge in [-0.05, 0) is 55.5 Å². The minimum Gasteiger partial charge on any atom is -0.493 e. The number of methoxy groups -OCH3 is 3. The first-order valence-electron chi connectivity index (χ1n) is 10.7. The molecule has 1 aliphatic rings. The third kappa shape index (κ3) is 5.82. The fraction of sp³-hybridized carbons (Fsp3) is 0.385. The molecule has 0 aromatic heterocycles. The summed E-state index contributed by atoms with van der Waals surface area (Å²) in [6, 6.07) is 12.5. The molecule has 168 valence electrons. The van der Waals surface area contributed by atoms with Crippen LogP contribution in [0.4, 0.5) is 0 Å². The zero-order valence-electron chi connectivity index (χ0n) is 18.7. The summed E-state index contributed by atoms with van der Waals surface area (Å²) in [5.41, 5.74) is 1.72. The highest BCUT2D eigenvalue weighted by Gasteiger charge is 2.21. The van der Waals surface area contributed by atoms with Crippen molar-refractivity contribution in [2.45, 2.75) is 44.1 Å². The van der Waals surface area contributed by atoms with E-state index in [-0.39, 0.29) is 18.5 Å². The molecule has 1 fully saturated rings. The molecule has 2 aromatic rings. The molecule has 0 radical (unpaired) electrons. The lowest BCUT2D eigenvalue weighted by molar-refractivity contribution is -0.140. The van der Waals surface area contributed by atoms with Gasteiger partial charge < -0.3 is 18.9 Å². The Balaban J connectivity index is 1.96. The topological polar surface area (TPSA) is 71.1 Å². The van der Waals surface area contributed by atoms with Crippen LogP contribution >= 0.6 is 0 Å². The molecule has 1 aliphatic carbocycles. The summed E-state index contributed by atoms with van der Waals surface area (Å²) in [4.78, 5) is 24.2. The second kappa shape index (κ2) is 11.2. The van der Waals surface area contributed by atoms with Crippen LogP contribution in [0.5, 0.6) is 11.5 Å². The van der Waals surface area contributed by atoms with Crippen LogP contribution in [0.1, 0.15) is 59.5 Å². The first kappa shape index (κ1) is 23.2. The Morgan fingerprint density at radius 2 is 1.75 bits per heavy atom. The lowest BCUT2D eigenvalue weighted by atomic mass is 9.95. The summed E-state index contributed by atoms with van der Waals surface area (Å²) >= 11 is 0. The maximum atomic E-state index is 12.1. The van der Waals surface area contributed by atoms with Crippen LogP contribution < -0.4 is 9.47 Å². The Labute approximate surface area is 188 Å². The number of hydrogen-bond donors (Lipinski definition) is 0. The van der Waals surface area contributed by atoms with Crippen molar-refractivity contribution in [3.63, 3.8) is 0 Å². The van der Waals surface area contributed by atoms with Gasteiger partial charge in [-0.3, -0.25) is 4.79 Å². The van der Waals surface area contributed by atoms with Crippen molar-refractivity contribution in [2.75, 3.05) is 21.3 Å². The Kier molecular flexibility index (Phi) is 8.15. The molecular weight excluding hydrogens is 408 g/mol. The number of esters is 2. The predicted molar refractivity (Wildman–Crippen MR) is 120 cm³/mol. The molecule has 6 nitrogen and oxygen atoms in total. The van der Waals surface area contributed by atoms with Crippen molar-refractivity contribution in [1.29, 1.82) is 0 Å². The second-order valence-corrected chi connectivity index (χ2v) is 7.57. The van der Waals surface area contributed by atoms with E-state index in [0.29, 0.717) is 22.6 Å². The maximum Gasteiger partial charge on any atom is 0.339 e. The molecule has 32 heavy (non-hydrogen) atoms. The van der Waals surface area contributed by atoms with Gasteiger partial charge in [-0.2, -0.15) is 0 Å². The molecule has 0 bridgehead atoms. The van der Waals surface area contributed by atoms with E-state index in [4.69, 9.17) is 18.9 Å². The molecule has 1 atom stereocenters. The summed E-state index contributed by atoms with van der Waals surface area (Å²) < 4.78 is 21.4. The van der Waals surface area contributed by atoms with Gasteiger partial charge in [0.1, 0.15) is 0 Å². The lowest BCUT2D eigenvalue weighted by Crippen LogP contribution is -2.12. The van der Waals surface area contributed by atoms with Crippen LogP contribution in [0.3, 0.4) is 0 Å². The molecule has 0 amide bonds. The minimum absolute atomic E-state index is 0.0685. The van der Waals surface area contributed by atoms with E-state index < -0.39 is 11.9 Å². The smallest absolute Gasteiger partial charge is 0.339 e. The SMILES string of the molecule is COC(=O)CC(C#Cc1ccccc1C(=O)OC)c1ccc(OC)c(OC2CCCC2)c1. The van der Waals surface area contributed by atoms with Crippen LogP contribution in [-0.4, -0.2) is 39.4 Å². The Morgan fingerprint density at radius 3 is 2.44 bits per heavy atom. The van der Waals surface area contributed by atoms with Crippen molar-refractivity contribution >= 4 is 11.9 Å². The van der Waals surface area contributed by atoms with Crippen molar-refractivity contribution < 1.29 is 28.5 Å². The quantitative estimate of drug-likeness (QED) is 0.470. The van der Waals surface area contributed by atoms with E-state index in [1.165, 1.54) is 14.2 Å². The first-order valence-corrected chi connectivity index (χ1v) is 10.7. The summed E-state index contributed by atoms with van der Waals surface area (Å²) in [5, 5.41) is 0. The number of ether oxygens (including phenoxy) is 4. The highest BCUT2D eigenvalue weighted by atomic mass is 16.5. The van der Waals surface area contributed by atoms with Crippen molar-refractivity contribution in [2.24, 2.45) is 0 Å². The van der Waals surface area contributed by atoms with E-state index >= 15 is 0 Å². The van der Waals surface area contributed by atoms with E-state index in [9.17, 15) is 9.59 Å². The number of carbonyl (C=O) groups is 2. The molecular formula is C26H28O6. The number of rotatable bonds is 7. The second-order valence-electron chi connectivity index (χ2n) is 7.57. The molecule has 0 saturated heterocycles. The molecule has 0 aliphatic heterocycles. The van der Waals surface area contributed by atoms with E-state index in [1.807, 2.05) is 18.2 Å². The van der Waals surface area contributed by atoms with Crippen LogP contribution in [-0.2, 0) is 14.3 Å². The molecule has 6 heteroatoms. The van der Waals surface area contributed by atoms with Gasteiger partial charge in [-0.1, -0.05) is 30.0 Å². The van der Waals surface area contributed by atoms with Crippen molar-refractivity contribution in [1.82, 2.24) is 0 Å². The van der Waals surface area contributed by atoms with E-state index in [1.54, 1.807) is 31.4 Å². The molecule has 0 spiro atoms. The third-order valence-corrected chi connectivity index (χ3v) is 5.50. The van der Waals surface area contributed by atoms with Crippen LogP contribution in [0.15, 0.2) is 42.5 Å². The van der Waals surface area contributed by atoms with Crippen LogP contribution in [0.25, 0.3) is 0 Å². The molecule has 2 aromatic carbocycles. The van der Waals surface area contributed by atoms with E-state index in [2.05, 4.69) is 11.8 Å². The Hall–Kier alpha value is -3.46. The van der Waals surface area contributed by atoms with Crippen molar-refractivity contribution in [3.05, 3.63) is 59.2 Å². The summed E-state index contributed by atoms with van der Waals surface area (Å²) in [7, 11) is 4.28. The lowest BCUT2D eigenvalue weighted by Gasteiger charge is -2.18. The minimum atomic E-state index is -0.462. The molecule has 0 N–H and O–H groups in total. The maximum absolute atomic E-state index is 12.1. The van der Waals surface area contributed by atoms with Crippen LogP contribution in [0, 0.1) is 11.8 Å². The standard InChI is InChI=1S/C26H28O6/c1-29-23-15-14-19(16-24(23)32-21-9-5-6-10-21)20(17-25(27)30-2)13-12-18-8-4-7-11-22(18)26(28)31-3/h4,7-8,11,14-16,20-21H,5-6,9-10,17H2,1-3H3. The van der Waals surface area contributed by atoms with Crippen LogP contribution in [0.2, 0.25) is 0 Å². The van der Waals surface area contributed by atoms with Gasteiger partial charge in [0.15, 0.2) is 11.5 Å². The number of carbonyl (C=O) groups excluding carboxylic acids is 2. The van der Waals surface area contributed by atoms with Gasteiger partial charge in [0.05, 0.1) is 45.3 Å². The molecule has 3 rings (SSSR count). The normalized spacial score (nSPS) is 14.1. The van der Waals surface area contributed by atoms with Gasteiger partial charge in [-0.15, -0.1) is 0 Å². The molecule has 1 saturated carbocycles. The summed E-state index contributed by atoms with van der Waals surface area (Å²) in [5.74, 6) is 6.18. The monoisotopic (exact) mass is 436 g/mol. The predicted octanol–water partition coefficient (Wildman–Crippen LogP) is 4.50. The fourth-order valence-electron chi connectivity index (χ4n) is 3.74. The average Bonchev–Trinajstić information content (AvgIpc) is 3.34. The van der Waals surface area contributed by atoms with E-state index in [0.717, 1.165) is 31.2 Å². The zero-order chi connectivity index (χ0) is 22.9. The molecule has 0 heterocycles. The third-order valence-electron chi connectivity index (χ3n) is 5.50. The van der Waals surface area contributed by atoms with Crippen molar-refractivity contribution in [3.8, 4) is 23.3 Å². The zero-order valence-corrected chi connectivity index (χ0v) is 18.7. The van der Waals surface area contributed by atoms with Gasteiger partial charge in [0.25, 0.3) is 0 Å². The highest BCUT2D eigenvalue weighted by Crippen LogP contribution is 2.35. The summed E-state index contributed by atoms with van der Waals surface area (Å²) in [6.07, 6.45) is 4.58. The summed E-state index contributed by atoms with van der Waals surface area (Å²) in [6.45, 7) is 0. The largest absolute Gasteiger partial charge is 0.493 e. The number of hydrogen-bond acceptors (Lipinski definition) is 6. The Morgan fingerprint density at radius 1 is 1.00 bits per heavy atom. The average molecular weight is 437 g/mol. The first-order chi connectivity index (χ1) is 15.5. The highest BCUT2D eigenvalue weighted by molar-refractivity contribution is 5.92. The van der Waals surface area contributed by atoms with Gasteiger partial charge >= 0.3 is 11.9 Å². The Bertz CT molecular complexity index is 1010. The fourth-order valence-corrected chi connectivity index (χ4v) is 3.74. The number of benzene rings is 2. The van der Waals surface area contributed by atoms with Gasteiger partial charge in [0.2, 0.25) is 0 Å². The molecule has 1 unspecified atom stereocenters. The van der Waals surface area contributed by atoms with Gasteiger partial charge in [0, 0.05) is 5.56 Å².